The number of carbonyl (C=O) groups is 4. The molecular formula is C20H24N2O5. The number of hydrogen-bond donors (Lipinski definition) is 1. The molecule has 7 nitrogen and oxygen atoms in total. The predicted octanol–water partition coefficient (Wildman–Crippen LogP) is 1.72. The zero-order valence-corrected chi connectivity index (χ0v) is 15.8. The number of hydrogen-bond acceptors (Lipinski definition) is 5. The molecule has 0 spiro atoms. The molecule has 0 bridgehead atoms. The summed E-state index contributed by atoms with van der Waals surface area (Å²) in [6, 6.07) is 4.93. The number of nitrogens with zero attached hydrogens (tertiary/aromatic N) is 1. The highest BCUT2D eigenvalue weighted by Gasteiger charge is 2.39. The van der Waals surface area contributed by atoms with Crippen LogP contribution in [0.15, 0.2) is 18.2 Å². The van der Waals surface area contributed by atoms with Gasteiger partial charge in [-0.1, -0.05) is 12.1 Å². The van der Waals surface area contributed by atoms with Crippen molar-refractivity contribution in [3.05, 3.63) is 34.9 Å². The molecule has 1 aromatic carbocycles. The zero-order chi connectivity index (χ0) is 19.8. The Labute approximate surface area is 158 Å². The van der Waals surface area contributed by atoms with Gasteiger partial charge in [-0.3, -0.25) is 24.5 Å². The first kappa shape index (κ1) is 19.1. The maximum Gasteiger partial charge on any atom is 0.306 e. The highest BCUT2D eigenvalue weighted by atomic mass is 16.6. The van der Waals surface area contributed by atoms with Crippen LogP contribution in [0.4, 0.5) is 0 Å². The van der Waals surface area contributed by atoms with Crippen molar-refractivity contribution in [3.63, 3.8) is 0 Å². The Morgan fingerprint density at radius 2 is 2.00 bits per heavy atom. The molecule has 3 amide bonds. The van der Waals surface area contributed by atoms with Crippen LogP contribution in [0.5, 0.6) is 0 Å². The maximum absolute atomic E-state index is 12.8. The molecule has 0 saturated carbocycles. The number of imide groups is 1. The van der Waals surface area contributed by atoms with E-state index in [1.54, 1.807) is 6.07 Å². The van der Waals surface area contributed by atoms with Gasteiger partial charge in [0, 0.05) is 24.9 Å². The first-order chi connectivity index (χ1) is 12.6. The van der Waals surface area contributed by atoms with Crippen LogP contribution in [-0.2, 0) is 32.1 Å². The van der Waals surface area contributed by atoms with Crippen LogP contribution >= 0.6 is 0 Å². The van der Waals surface area contributed by atoms with Crippen molar-refractivity contribution in [2.45, 2.75) is 64.6 Å². The van der Waals surface area contributed by atoms with Crippen molar-refractivity contribution >= 4 is 23.7 Å². The van der Waals surface area contributed by atoms with E-state index in [9.17, 15) is 19.2 Å². The van der Waals surface area contributed by atoms with Crippen LogP contribution < -0.4 is 5.32 Å². The van der Waals surface area contributed by atoms with Crippen LogP contribution in [0.1, 0.15) is 61.5 Å². The monoisotopic (exact) mass is 372 g/mol. The number of nitrogens with one attached hydrogen (secondary N) is 1. The van der Waals surface area contributed by atoms with E-state index in [0.29, 0.717) is 24.9 Å². The fourth-order valence-electron chi connectivity index (χ4n) is 3.40. The van der Waals surface area contributed by atoms with E-state index in [4.69, 9.17) is 4.74 Å². The van der Waals surface area contributed by atoms with E-state index >= 15 is 0 Å². The van der Waals surface area contributed by atoms with Crippen LogP contribution in [0, 0.1) is 0 Å². The minimum absolute atomic E-state index is 0.210. The Kier molecular flexibility index (Phi) is 5.04. The van der Waals surface area contributed by atoms with Crippen molar-refractivity contribution in [3.8, 4) is 0 Å². The van der Waals surface area contributed by atoms with Crippen molar-refractivity contribution in [2.24, 2.45) is 0 Å². The Morgan fingerprint density at radius 3 is 2.67 bits per heavy atom. The summed E-state index contributed by atoms with van der Waals surface area (Å²) in [7, 11) is 0. The first-order valence-electron chi connectivity index (χ1n) is 9.12. The van der Waals surface area contributed by atoms with Crippen molar-refractivity contribution in [1.82, 2.24) is 10.2 Å². The van der Waals surface area contributed by atoms with E-state index in [2.05, 4.69) is 5.32 Å². The van der Waals surface area contributed by atoms with E-state index in [1.165, 1.54) is 4.90 Å². The SMILES string of the molecule is CC(C)(C)OC(=O)CCc1ccc2c(c1)C(=O)N(C1CCC(=O)NC1=O)C2. The summed E-state index contributed by atoms with van der Waals surface area (Å²) in [5.74, 6) is -1.21. The second-order valence-electron chi connectivity index (χ2n) is 7.98. The third kappa shape index (κ3) is 4.35. The average Bonchev–Trinajstić information content (AvgIpc) is 2.88. The van der Waals surface area contributed by atoms with Gasteiger partial charge in [-0.05, 0) is 50.8 Å². The van der Waals surface area contributed by atoms with Gasteiger partial charge >= 0.3 is 5.97 Å². The summed E-state index contributed by atoms with van der Waals surface area (Å²) < 4.78 is 5.30. The fraction of sp³-hybridized carbons (Fsp3) is 0.500. The number of rotatable bonds is 4. The molecule has 1 saturated heterocycles. The predicted molar refractivity (Wildman–Crippen MR) is 96.7 cm³/mol. The lowest BCUT2D eigenvalue weighted by Crippen LogP contribution is -2.52. The molecule has 2 aliphatic heterocycles. The summed E-state index contributed by atoms with van der Waals surface area (Å²) in [5, 5.41) is 2.29. The molecule has 0 aliphatic carbocycles. The lowest BCUT2D eigenvalue weighted by molar-refractivity contribution is -0.154. The molecule has 1 atom stereocenters. The van der Waals surface area contributed by atoms with Gasteiger partial charge in [-0.2, -0.15) is 0 Å². The standard InChI is InChI=1S/C20H24N2O5/c1-20(2,3)27-17(24)9-5-12-4-6-13-11-22(19(26)14(13)10-12)15-7-8-16(23)21-18(15)25/h4,6,10,15H,5,7-9,11H2,1-3H3,(H,21,23,25). The number of carbonyl (C=O) groups excluding carboxylic acids is 4. The molecule has 3 rings (SSSR count). The van der Waals surface area contributed by atoms with Crippen molar-refractivity contribution < 1.29 is 23.9 Å². The van der Waals surface area contributed by atoms with Gasteiger partial charge < -0.3 is 9.64 Å². The largest absolute Gasteiger partial charge is 0.460 e. The van der Waals surface area contributed by atoms with Gasteiger partial charge in [0.15, 0.2) is 0 Å². The van der Waals surface area contributed by atoms with Gasteiger partial charge in [-0.15, -0.1) is 0 Å². The summed E-state index contributed by atoms with van der Waals surface area (Å²) in [4.78, 5) is 49.6. The van der Waals surface area contributed by atoms with E-state index in [-0.39, 0.29) is 30.6 Å². The molecule has 27 heavy (non-hydrogen) atoms. The number of benzene rings is 1. The Hall–Kier alpha value is -2.70. The molecule has 1 N–H and O–H groups in total. The normalized spacial score (nSPS) is 19.7. The Bertz CT molecular complexity index is 809. The maximum atomic E-state index is 12.8. The van der Waals surface area contributed by atoms with Crippen LogP contribution in [-0.4, -0.2) is 40.2 Å². The number of fused-ring (bicyclic) bond motifs is 1. The van der Waals surface area contributed by atoms with Gasteiger partial charge in [-0.25, -0.2) is 0 Å². The van der Waals surface area contributed by atoms with Crippen LogP contribution in [0.25, 0.3) is 0 Å². The minimum Gasteiger partial charge on any atom is -0.460 e. The van der Waals surface area contributed by atoms with Gasteiger partial charge in [0.05, 0.1) is 0 Å². The number of aryl methyl sites for hydroxylation is 1. The number of amides is 3. The van der Waals surface area contributed by atoms with Gasteiger partial charge in [0.25, 0.3) is 5.91 Å². The third-order valence-corrected chi connectivity index (χ3v) is 4.63. The molecule has 1 fully saturated rings. The molecular weight excluding hydrogens is 348 g/mol. The minimum atomic E-state index is -0.618. The van der Waals surface area contributed by atoms with E-state index < -0.39 is 17.6 Å². The smallest absolute Gasteiger partial charge is 0.306 e. The molecule has 1 unspecified atom stereocenters. The first-order valence-corrected chi connectivity index (χ1v) is 9.12. The van der Waals surface area contributed by atoms with Crippen molar-refractivity contribution in [2.75, 3.05) is 0 Å². The lowest BCUT2D eigenvalue weighted by Gasteiger charge is -2.29. The quantitative estimate of drug-likeness (QED) is 0.642. The number of piperidine rings is 1. The third-order valence-electron chi connectivity index (χ3n) is 4.63. The fourth-order valence-corrected chi connectivity index (χ4v) is 3.40. The molecule has 2 aliphatic rings. The summed E-state index contributed by atoms with van der Waals surface area (Å²) in [5.41, 5.74) is 1.76. The highest BCUT2D eigenvalue weighted by molar-refractivity contribution is 6.05. The average molecular weight is 372 g/mol. The molecule has 7 heteroatoms. The van der Waals surface area contributed by atoms with Gasteiger partial charge in [0.1, 0.15) is 11.6 Å². The second-order valence-corrected chi connectivity index (χ2v) is 7.98. The van der Waals surface area contributed by atoms with E-state index in [1.807, 2.05) is 32.9 Å². The molecule has 1 aromatic rings. The summed E-state index contributed by atoms with van der Waals surface area (Å²) in [6.07, 6.45) is 1.29. The number of ether oxygens (including phenoxy) is 1. The van der Waals surface area contributed by atoms with Crippen molar-refractivity contribution in [1.29, 1.82) is 0 Å². The van der Waals surface area contributed by atoms with E-state index in [0.717, 1.165) is 11.1 Å². The molecule has 2 heterocycles. The molecule has 144 valence electrons. The highest BCUT2D eigenvalue weighted by Crippen LogP contribution is 2.28. The summed E-state index contributed by atoms with van der Waals surface area (Å²) >= 11 is 0. The topological polar surface area (TPSA) is 92.8 Å². The zero-order valence-electron chi connectivity index (χ0n) is 15.8. The van der Waals surface area contributed by atoms with Crippen LogP contribution in [0.2, 0.25) is 0 Å². The second kappa shape index (κ2) is 7.13. The molecule has 0 aromatic heterocycles. The molecule has 0 radical (unpaired) electrons. The summed E-state index contributed by atoms with van der Waals surface area (Å²) in [6.45, 7) is 5.82. The number of esters is 1. The van der Waals surface area contributed by atoms with Gasteiger partial charge in [0.2, 0.25) is 11.8 Å². The lowest BCUT2D eigenvalue weighted by atomic mass is 10.0. The Balaban J connectivity index is 1.67. The van der Waals surface area contributed by atoms with Crippen LogP contribution in [0.3, 0.4) is 0 Å². The Morgan fingerprint density at radius 1 is 1.26 bits per heavy atom.